The standard InChI is InChI=1S/C13H16FNO2/c1-17-13(16)11-8-15-7-6-9(11)10-4-2-3-5-12(10)14/h2-5,9,11,15H,6-8H2,1H3/t9-,11+/m0/s1. The third-order valence-corrected chi connectivity index (χ3v) is 3.29. The molecule has 1 heterocycles. The van der Waals surface area contributed by atoms with Crippen LogP contribution >= 0.6 is 0 Å². The Hall–Kier alpha value is -1.42. The number of carbonyl (C=O) groups excluding carboxylic acids is 1. The maximum Gasteiger partial charge on any atom is 0.310 e. The third-order valence-electron chi connectivity index (χ3n) is 3.29. The molecule has 17 heavy (non-hydrogen) atoms. The van der Waals surface area contributed by atoms with E-state index in [4.69, 9.17) is 4.74 Å². The lowest BCUT2D eigenvalue weighted by molar-refractivity contribution is -0.146. The van der Waals surface area contributed by atoms with E-state index in [2.05, 4.69) is 5.32 Å². The fraction of sp³-hybridized carbons (Fsp3) is 0.462. The molecule has 0 unspecified atom stereocenters. The summed E-state index contributed by atoms with van der Waals surface area (Å²) in [6.07, 6.45) is 0.751. The van der Waals surface area contributed by atoms with Gasteiger partial charge >= 0.3 is 5.97 Å². The zero-order valence-corrected chi connectivity index (χ0v) is 9.78. The highest BCUT2D eigenvalue weighted by Crippen LogP contribution is 2.32. The van der Waals surface area contributed by atoms with Gasteiger partial charge in [0.25, 0.3) is 0 Å². The van der Waals surface area contributed by atoms with Crippen molar-refractivity contribution in [1.82, 2.24) is 5.32 Å². The summed E-state index contributed by atoms with van der Waals surface area (Å²) < 4.78 is 18.5. The normalized spacial score (nSPS) is 24.4. The minimum absolute atomic E-state index is 0.0927. The second-order valence-corrected chi connectivity index (χ2v) is 4.25. The molecule has 0 aliphatic carbocycles. The molecule has 2 rings (SSSR count). The summed E-state index contributed by atoms with van der Waals surface area (Å²) >= 11 is 0. The van der Waals surface area contributed by atoms with Crippen molar-refractivity contribution in [2.45, 2.75) is 12.3 Å². The largest absolute Gasteiger partial charge is 0.469 e. The molecule has 1 aliphatic heterocycles. The van der Waals surface area contributed by atoms with Gasteiger partial charge in [0, 0.05) is 12.5 Å². The summed E-state index contributed by atoms with van der Waals surface area (Å²) in [6.45, 7) is 1.35. The van der Waals surface area contributed by atoms with Crippen LogP contribution in [0.25, 0.3) is 0 Å². The lowest BCUT2D eigenvalue weighted by atomic mass is 9.81. The number of piperidine rings is 1. The second kappa shape index (κ2) is 5.27. The van der Waals surface area contributed by atoms with E-state index in [9.17, 15) is 9.18 Å². The van der Waals surface area contributed by atoms with Crippen LogP contribution in [-0.4, -0.2) is 26.2 Å². The van der Waals surface area contributed by atoms with E-state index >= 15 is 0 Å². The number of hydrogen-bond acceptors (Lipinski definition) is 3. The molecule has 0 spiro atoms. The molecule has 1 aromatic rings. The number of ether oxygens (including phenoxy) is 1. The lowest BCUT2D eigenvalue weighted by Gasteiger charge is -2.30. The van der Waals surface area contributed by atoms with Crippen LogP contribution in [0.5, 0.6) is 0 Å². The number of halogens is 1. The minimum Gasteiger partial charge on any atom is -0.469 e. The Balaban J connectivity index is 2.28. The van der Waals surface area contributed by atoms with Crippen LogP contribution in [0, 0.1) is 11.7 Å². The van der Waals surface area contributed by atoms with E-state index < -0.39 is 0 Å². The van der Waals surface area contributed by atoms with E-state index in [0.29, 0.717) is 12.1 Å². The first-order valence-corrected chi connectivity index (χ1v) is 5.77. The average molecular weight is 237 g/mol. The monoisotopic (exact) mass is 237 g/mol. The molecule has 0 aromatic heterocycles. The average Bonchev–Trinajstić information content (AvgIpc) is 2.38. The Morgan fingerprint density at radius 2 is 2.24 bits per heavy atom. The Labute approximate surface area is 100.0 Å². The summed E-state index contributed by atoms with van der Waals surface area (Å²) in [7, 11) is 1.37. The van der Waals surface area contributed by atoms with Gasteiger partial charge in [-0.3, -0.25) is 4.79 Å². The number of nitrogens with one attached hydrogen (secondary N) is 1. The molecular weight excluding hydrogens is 221 g/mol. The van der Waals surface area contributed by atoms with Crippen molar-refractivity contribution in [3.05, 3.63) is 35.6 Å². The van der Waals surface area contributed by atoms with Crippen LogP contribution in [-0.2, 0) is 9.53 Å². The van der Waals surface area contributed by atoms with Gasteiger partial charge in [-0.25, -0.2) is 4.39 Å². The van der Waals surface area contributed by atoms with Crippen molar-refractivity contribution in [2.75, 3.05) is 20.2 Å². The first kappa shape index (κ1) is 12.0. The topological polar surface area (TPSA) is 38.3 Å². The van der Waals surface area contributed by atoms with Gasteiger partial charge in [-0.2, -0.15) is 0 Å². The Morgan fingerprint density at radius 1 is 1.47 bits per heavy atom. The highest BCUT2D eigenvalue weighted by Gasteiger charge is 2.33. The summed E-state index contributed by atoms with van der Waals surface area (Å²) in [5.74, 6) is -0.908. The quantitative estimate of drug-likeness (QED) is 0.795. The summed E-state index contributed by atoms with van der Waals surface area (Å²) in [5, 5.41) is 3.15. The summed E-state index contributed by atoms with van der Waals surface area (Å²) in [5.41, 5.74) is 0.615. The zero-order valence-electron chi connectivity index (χ0n) is 9.78. The van der Waals surface area contributed by atoms with Crippen molar-refractivity contribution >= 4 is 5.97 Å². The van der Waals surface area contributed by atoms with Gasteiger partial charge in [0.2, 0.25) is 0 Å². The maximum atomic E-state index is 13.7. The van der Waals surface area contributed by atoms with Crippen molar-refractivity contribution in [1.29, 1.82) is 0 Å². The molecule has 1 N–H and O–H groups in total. The number of benzene rings is 1. The van der Waals surface area contributed by atoms with Crippen LogP contribution in [0.15, 0.2) is 24.3 Å². The van der Waals surface area contributed by atoms with E-state index in [1.54, 1.807) is 18.2 Å². The van der Waals surface area contributed by atoms with Crippen LogP contribution in [0.4, 0.5) is 4.39 Å². The van der Waals surface area contributed by atoms with E-state index in [-0.39, 0.29) is 23.6 Å². The highest BCUT2D eigenvalue weighted by atomic mass is 19.1. The fourth-order valence-electron chi connectivity index (χ4n) is 2.41. The molecule has 2 atom stereocenters. The first-order chi connectivity index (χ1) is 8.24. The molecule has 1 fully saturated rings. The number of esters is 1. The van der Waals surface area contributed by atoms with E-state index in [1.807, 2.05) is 0 Å². The Kier molecular flexibility index (Phi) is 3.74. The smallest absolute Gasteiger partial charge is 0.310 e. The molecule has 0 saturated carbocycles. The van der Waals surface area contributed by atoms with Gasteiger partial charge in [0.15, 0.2) is 0 Å². The van der Waals surface area contributed by atoms with Gasteiger partial charge in [-0.1, -0.05) is 18.2 Å². The van der Waals surface area contributed by atoms with E-state index in [0.717, 1.165) is 13.0 Å². The molecule has 0 amide bonds. The molecule has 3 nitrogen and oxygen atoms in total. The molecule has 0 bridgehead atoms. The maximum absolute atomic E-state index is 13.7. The molecule has 1 aliphatic rings. The van der Waals surface area contributed by atoms with Crippen molar-refractivity contribution in [2.24, 2.45) is 5.92 Å². The van der Waals surface area contributed by atoms with Gasteiger partial charge < -0.3 is 10.1 Å². The van der Waals surface area contributed by atoms with Crippen LogP contribution < -0.4 is 5.32 Å². The highest BCUT2D eigenvalue weighted by molar-refractivity contribution is 5.74. The fourth-order valence-corrected chi connectivity index (χ4v) is 2.41. The molecule has 1 saturated heterocycles. The zero-order chi connectivity index (χ0) is 12.3. The predicted molar refractivity (Wildman–Crippen MR) is 62.1 cm³/mol. The van der Waals surface area contributed by atoms with Gasteiger partial charge in [-0.05, 0) is 24.6 Å². The number of hydrogen-bond donors (Lipinski definition) is 1. The van der Waals surface area contributed by atoms with Gasteiger partial charge in [0.05, 0.1) is 13.0 Å². The molecule has 0 radical (unpaired) electrons. The van der Waals surface area contributed by atoms with Gasteiger partial charge in [0.1, 0.15) is 5.82 Å². The van der Waals surface area contributed by atoms with Crippen LogP contribution in [0.3, 0.4) is 0 Å². The second-order valence-electron chi connectivity index (χ2n) is 4.25. The molecule has 92 valence electrons. The van der Waals surface area contributed by atoms with Crippen LogP contribution in [0.2, 0.25) is 0 Å². The van der Waals surface area contributed by atoms with E-state index in [1.165, 1.54) is 13.2 Å². The van der Waals surface area contributed by atoms with Crippen molar-refractivity contribution in [3.8, 4) is 0 Å². The molecule has 4 heteroatoms. The molecular formula is C13H16FNO2. The van der Waals surface area contributed by atoms with Gasteiger partial charge in [-0.15, -0.1) is 0 Å². The predicted octanol–water partition coefficient (Wildman–Crippen LogP) is 1.69. The molecule has 1 aromatic carbocycles. The summed E-state index contributed by atoms with van der Waals surface area (Å²) in [4.78, 5) is 11.7. The van der Waals surface area contributed by atoms with Crippen molar-refractivity contribution < 1.29 is 13.9 Å². The Morgan fingerprint density at radius 3 is 2.94 bits per heavy atom. The van der Waals surface area contributed by atoms with Crippen LogP contribution in [0.1, 0.15) is 17.9 Å². The Bertz CT molecular complexity index is 408. The third kappa shape index (κ3) is 2.47. The SMILES string of the molecule is COC(=O)[C@@H]1CNCC[C@H]1c1ccccc1F. The minimum atomic E-state index is -0.300. The number of rotatable bonds is 2. The number of carbonyl (C=O) groups is 1. The number of methoxy groups -OCH3 is 1. The lowest BCUT2D eigenvalue weighted by Crippen LogP contribution is -2.40. The van der Waals surface area contributed by atoms with Crippen molar-refractivity contribution in [3.63, 3.8) is 0 Å². The first-order valence-electron chi connectivity index (χ1n) is 5.77. The summed E-state index contributed by atoms with van der Waals surface area (Å²) in [6, 6.07) is 6.65.